The first kappa shape index (κ1) is 16.5. The van der Waals surface area contributed by atoms with E-state index < -0.39 is 15.8 Å². The summed E-state index contributed by atoms with van der Waals surface area (Å²) in [5.41, 5.74) is 0.717. The van der Waals surface area contributed by atoms with Crippen LogP contribution in [0, 0.1) is 5.82 Å². The molecule has 8 heteroatoms. The van der Waals surface area contributed by atoms with Crippen molar-refractivity contribution in [1.82, 2.24) is 9.62 Å². The predicted octanol–water partition coefficient (Wildman–Crippen LogP) is 1.88. The summed E-state index contributed by atoms with van der Waals surface area (Å²) in [4.78, 5) is 0. The average molecular weight is 335 g/mol. The molecule has 1 radical (unpaired) electrons. The SMILES string of the molecule is CN(C1CC(Nc2ccc(F)c(Cl)c2)CC[N]1)S(C)(=O)=O. The maximum Gasteiger partial charge on any atom is 0.212 e. The molecule has 1 aromatic rings. The van der Waals surface area contributed by atoms with Gasteiger partial charge in [-0.05, 0) is 31.0 Å². The van der Waals surface area contributed by atoms with Gasteiger partial charge in [0.25, 0.3) is 0 Å². The number of sulfonamides is 1. The standard InChI is InChI=1S/C13H18ClFN3O2S/c1-18(21(2,19)20)13-8-10(5-6-16-13)17-9-3-4-12(15)11(14)7-9/h3-4,7,10,13,17H,5-6,8H2,1-2H3. The van der Waals surface area contributed by atoms with Crippen molar-refractivity contribution in [3.8, 4) is 0 Å². The van der Waals surface area contributed by atoms with Crippen LogP contribution in [-0.2, 0) is 10.0 Å². The number of nitrogens with one attached hydrogen (secondary N) is 1. The lowest BCUT2D eigenvalue weighted by Crippen LogP contribution is -2.49. The smallest absolute Gasteiger partial charge is 0.212 e. The molecule has 0 aromatic heterocycles. The molecule has 0 spiro atoms. The van der Waals surface area contributed by atoms with Crippen molar-refractivity contribution in [2.75, 3.05) is 25.2 Å². The van der Waals surface area contributed by atoms with Gasteiger partial charge in [-0.1, -0.05) is 11.6 Å². The summed E-state index contributed by atoms with van der Waals surface area (Å²) in [7, 11) is -1.74. The summed E-state index contributed by atoms with van der Waals surface area (Å²) >= 11 is 5.75. The van der Waals surface area contributed by atoms with Gasteiger partial charge in [0.1, 0.15) is 5.82 Å². The molecule has 2 unspecified atom stereocenters. The molecule has 1 saturated heterocycles. The third-order valence-corrected chi connectivity index (χ3v) is 5.13. The molecule has 21 heavy (non-hydrogen) atoms. The van der Waals surface area contributed by atoms with Crippen LogP contribution >= 0.6 is 11.6 Å². The van der Waals surface area contributed by atoms with E-state index in [1.54, 1.807) is 6.07 Å². The summed E-state index contributed by atoms with van der Waals surface area (Å²) in [5.74, 6) is -0.462. The van der Waals surface area contributed by atoms with E-state index in [1.165, 1.54) is 29.7 Å². The van der Waals surface area contributed by atoms with Crippen molar-refractivity contribution in [2.45, 2.75) is 25.0 Å². The van der Waals surface area contributed by atoms with Gasteiger partial charge in [0, 0.05) is 25.3 Å². The fourth-order valence-electron chi connectivity index (χ4n) is 2.26. The molecule has 0 saturated carbocycles. The highest BCUT2D eigenvalue weighted by Gasteiger charge is 2.29. The summed E-state index contributed by atoms with van der Waals surface area (Å²) in [6, 6.07) is 4.51. The van der Waals surface area contributed by atoms with E-state index in [0.29, 0.717) is 18.7 Å². The molecule has 117 valence electrons. The maximum atomic E-state index is 13.1. The van der Waals surface area contributed by atoms with E-state index in [0.717, 1.165) is 6.42 Å². The van der Waals surface area contributed by atoms with E-state index in [4.69, 9.17) is 11.6 Å². The first-order valence-electron chi connectivity index (χ1n) is 6.58. The number of rotatable bonds is 4. The van der Waals surface area contributed by atoms with Crippen molar-refractivity contribution in [3.05, 3.63) is 29.0 Å². The predicted molar refractivity (Wildman–Crippen MR) is 81.5 cm³/mol. The van der Waals surface area contributed by atoms with Crippen LogP contribution in [0.2, 0.25) is 5.02 Å². The molecule has 0 aliphatic carbocycles. The average Bonchev–Trinajstić information content (AvgIpc) is 2.41. The number of hydrogen-bond acceptors (Lipinski definition) is 3. The van der Waals surface area contributed by atoms with E-state index in [2.05, 4.69) is 10.6 Å². The van der Waals surface area contributed by atoms with Gasteiger partial charge in [0.2, 0.25) is 10.0 Å². The number of anilines is 1. The van der Waals surface area contributed by atoms with Gasteiger partial charge in [0.15, 0.2) is 0 Å². The Balaban J connectivity index is 2.02. The molecule has 2 rings (SSSR count). The van der Waals surface area contributed by atoms with Gasteiger partial charge in [-0.2, -0.15) is 4.31 Å². The van der Waals surface area contributed by atoms with Gasteiger partial charge in [-0.15, -0.1) is 0 Å². The van der Waals surface area contributed by atoms with Crippen LogP contribution in [0.5, 0.6) is 0 Å². The Hall–Kier alpha value is -0.890. The van der Waals surface area contributed by atoms with Crippen molar-refractivity contribution in [2.24, 2.45) is 0 Å². The fourth-order valence-corrected chi connectivity index (χ4v) is 3.04. The zero-order valence-corrected chi connectivity index (χ0v) is 13.5. The molecular formula is C13H18ClFN3O2S. The Kier molecular flexibility index (Phi) is 5.08. The zero-order valence-electron chi connectivity index (χ0n) is 11.9. The van der Waals surface area contributed by atoms with Crippen LogP contribution in [0.15, 0.2) is 18.2 Å². The minimum atomic E-state index is -3.27. The van der Waals surface area contributed by atoms with Gasteiger partial charge >= 0.3 is 0 Å². The van der Waals surface area contributed by atoms with Gasteiger partial charge in [-0.3, -0.25) is 0 Å². The monoisotopic (exact) mass is 334 g/mol. The minimum Gasteiger partial charge on any atom is -0.382 e. The molecule has 1 aliphatic heterocycles. The highest BCUT2D eigenvalue weighted by atomic mass is 35.5. The molecule has 0 amide bonds. The first-order chi connectivity index (χ1) is 9.77. The number of benzene rings is 1. The minimum absolute atomic E-state index is 0.0605. The Morgan fingerprint density at radius 3 is 2.81 bits per heavy atom. The molecule has 1 heterocycles. The van der Waals surface area contributed by atoms with Gasteiger partial charge in [0.05, 0.1) is 17.4 Å². The zero-order chi connectivity index (χ0) is 15.6. The summed E-state index contributed by atoms with van der Waals surface area (Å²) in [5, 5.41) is 7.65. The lowest BCUT2D eigenvalue weighted by molar-refractivity contribution is 0.243. The van der Waals surface area contributed by atoms with Crippen molar-refractivity contribution < 1.29 is 12.8 Å². The second-order valence-electron chi connectivity index (χ2n) is 5.16. The Labute approximate surface area is 129 Å². The summed E-state index contributed by atoms with van der Waals surface area (Å²) < 4.78 is 37.5. The molecule has 0 bridgehead atoms. The molecule has 1 aliphatic rings. The molecule has 5 nitrogen and oxygen atoms in total. The van der Waals surface area contributed by atoms with Crippen molar-refractivity contribution >= 4 is 27.3 Å². The molecular weight excluding hydrogens is 317 g/mol. The summed E-state index contributed by atoms with van der Waals surface area (Å²) in [6.07, 6.45) is 2.16. The third kappa shape index (κ3) is 4.29. The van der Waals surface area contributed by atoms with Gasteiger partial charge < -0.3 is 5.32 Å². The fraction of sp³-hybridized carbons (Fsp3) is 0.538. The van der Waals surface area contributed by atoms with E-state index >= 15 is 0 Å². The Morgan fingerprint density at radius 2 is 2.19 bits per heavy atom. The van der Waals surface area contributed by atoms with E-state index in [9.17, 15) is 12.8 Å². The van der Waals surface area contributed by atoms with Crippen LogP contribution in [0.4, 0.5) is 10.1 Å². The van der Waals surface area contributed by atoms with Crippen LogP contribution in [-0.4, -0.2) is 44.8 Å². The number of piperidine rings is 1. The van der Waals surface area contributed by atoms with Crippen LogP contribution in [0.3, 0.4) is 0 Å². The number of halogens is 2. The van der Waals surface area contributed by atoms with Crippen molar-refractivity contribution in [1.29, 1.82) is 0 Å². The first-order valence-corrected chi connectivity index (χ1v) is 8.81. The number of nitrogens with zero attached hydrogens (tertiary/aromatic N) is 2. The van der Waals surface area contributed by atoms with E-state index in [1.807, 2.05) is 0 Å². The van der Waals surface area contributed by atoms with Gasteiger partial charge in [-0.25, -0.2) is 18.1 Å². The number of hydrogen-bond donors (Lipinski definition) is 1. The lowest BCUT2D eigenvalue weighted by Gasteiger charge is -2.34. The molecule has 1 N–H and O–H groups in total. The van der Waals surface area contributed by atoms with E-state index in [-0.39, 0.29) is 17.2 Å². The topological polar surface area (TPSA) is 63.5 Å². The van der Waals surface area contributed by atoms with Crippen LogP contribution < -0.4 is 10.6 Å². The maximum absolute atomic E-state index is 13.1. The van der Waals surface area contributed by atoms with Crippen LogP contribution in [0.25, 0.3) is 0 Å². The second kappa shape index (κ2) is 6.48. The highest BCUT2D eigenvalue weighted by Crippen LogP contribution is 2.23. The molecule has 2 atom stereocenters. The molecule has 1 aromatic carbocycles. The Morgan fingerprint density at radius 1 is 1.48 bits per heavy atom. The highest BCUT2D eigenvalue weighted by molar-refractivity contribution is 7.88. The molecule has 1 fully saturated rings. The normalized spacial score (nSPS) is 23.3. The van der Waals surface area contributed by atoms with Crippen LogP contribution in [0.1, 0.15) is 12.8 Å². The van der Waals surface area contributed by atoms with Crippen molar-refractivity contribution in [3.63, 3.8) is 0 Å². The quantitative estimate of drug-likeness (QED) is 0.914. The summed E-state index contributed by atoms with van der Waals surface area (Å²) in [6.45, 7) is 0.580. The Bertz CT molecular complexity index is 611. The second-order valence-corrected chi connectivity index (χ2v) is 7.61. The lowest BCUT2D eigenvalue weighted by atomic mass is 10.0. The largest absolute Gasteiger partial charge is 0.382 e. The third-order valence-electron chi connectivity index (χ3n) is 3.55.